The molecule has 0 fully saturated rings. The maximum absolute atomic E-state index is 13.7. The molecule has 0 saturated carbocycles. The molecule has 4 rings (SSSR count). The maximum atomic E-state index is 13.7. The number of nitrogens with zero attached hydrogens (tertiary/aromatic N) is 1. The molecule has 39 heavy (non-hydrogen) atoms. The number of Topliss-reactive ketones (excluding diaryl/α,β-unsaturated/α-hetero) is 3. The van der Waals surface area contributed by atoms with Gasteiger partial charge < -0.3 is 36.2 Å². The number of ketones is 3. The van der Waals surface area contributed by atoms with Crippen molar-refractivity contribution in [3.8, 4) is 5.75 Å². The first-order valence-corrected chi connectivity index (χ1v) is 12.5. The molecule has 12 nitrogen and oxygen atoms in total. The van der Waals surface area contributed by atoms with Gasteiger partial charge in [0.05, 0.1) is 24.3 Å². The molecule has 0 heterocycles. The highest BCUT2D eigenvalue weighted by Crippen LogP contribution is 2.52. The third-order valence-electron chi connectivity index (χ3n) is 8.03. The molecule has 1 amide bonds. The predicted molar refractivity (Wildman–Crippen MR) is 137 cm³/mol. The van der Waals surface area contributed by atoms with Crippen LogP contribution in [0.2, 0.25) is 0 Å². The minimum Gasteiger partial charge on any atom is -0.510 e. The maximum Gasteiger partial charge on any atom is 0.255 e. The van der Waals surface area contributed by atoms with Gasteiger partial charge in [0.1, 0.15) is 22.8 Å². The molecule has 0 saturated heterocycles. The number of hydrogen-bond acceptors (Lipinski definition) is 11. The van der Waals surface area contributed by atoms with Crippen LogP contribution < -0.4 is 11.1 Å². The average molecular weight is 544 g/mol. The number of aliphatic hydroxyl groups excluding tert-OH is 2. The first kappa shape index (κ1) is 28.4. The molecule has 7 N–H and O–H groups in total. The second-order valence-corrected chi connectivity index (χ2v) is 10.5. The summed E-state index contributed by atoms with van der Waals surface area (Å²) in [5.74, 6) is -7.66. The Morgan fingerprint density at radius 1 is 1.23 bits per heavy atom. The number of carbonyl (C=O) groups excluding carboxylic acids is 4. The van der Waals surface area contributed by atoms with E-state index in [9.17, 15) is 39.6 Å². The first-order valence-electron chi connectivity index (χ1n) is 12.5. The highest BCUT2D eigenvalue weighted by atomic mass is 16.5. The Morgan fingerprint density at radius 2 is 1.90 bits per heavy atom. The topological polar surface area (TPSA) is 200 Å². The van der Waals surface area contributed by atoms with Gasteiger partial charge in [-0.3, -0.25) is 24.1 Å². The number of benzene rings is 1. The van der Waals surface area contributed by atoms with Gasteiger partial charge in [-0.1, -0.05) is 0 Å². The summed E-state index contributed by atoms with van der Waals surface area (Å²) >= 11 is 0. The molecule has 0 aromatic heterocycles. The zero-order valence-electron chi connectivity index (χ0n) is 22.1. The number of phenols is 1. The predicted octanol–water partition coefficient (Wildman–Crippen LogP) is -0.0722. The lowest BCUT2D eigenvalue weighted by Gasteiger charge is -2.50. The van der Waals surface area contributed by atoms with Crippen LogP contribution in [0.15, 0.2) is 34.8 Å². The number of phenolic OH excluding ortho intramolecular Hbond substituents is 1. The Hall–Kier alpha value is -3.58. The largest absolute Gasteiger partial charge is 0.510 e. The normalized spacial score (nSPS) is 27.3. The Bertz CT molecular complexity index is 1330. The van der Waals surface area contributed by atoms with Gasteiger partial charge in [-0.15, -0.1) is 0 Å². The molecule has 1 unspecified atom stereocenters. The van der Waals surface area contributed by atoms with Crippen LogP contribution in [-0.4, -0.2) is 101 Å². The van der Waals surface area contributed by atoms with E-state index in [0.29, 0.717) is 12.1 Å². The third-order valence-corrected chi connectivity index (χ3v) is 8.03. The summed E-state index contributed by atoms with van der Waals surface area (Å²) in [6.45, 7) is 2.20. The quantitative estimate of drug-likeness (QED) is 0.189. The van der Waals surface area contributed by atoms with Gasteiger partial charge in [-0.2, -0.15) is 0 Å². The van der Waals surface area contributed by atoms with E-state index in [1.165, 1.54) is 17.0 Å². The van der Waals surface area contributed by atoms with E-state index in [1.54, 1.807) is 21.2 Å². The molecule has 5 atom stereocenters. The summed E-state index contributed by atoms with van der Waals surface area (Å²) in [4.78, 5) is 53.7. The number of primary amides is 1. The minimum absolute atomic E-state index is 0.0402. The van der Waals surface area contributed by atoms with E-state index in [-0.39, 0.29) is 48.0 Å². The molecule has 210 valence electrons. The van der Waals surface area contributed by atoms with E-state index in [2.05, 4.69) is 5.32 Å². The molecule has 0 spiro atoms. The standard InChI is InChI=1S/C27H33N3O9/c1-11(39-4)9-29-10-17(32)13-5-6-16(31)19-14(13)7-12-8-15-21(30(2)3)23(34)20(26(28)37)25(36)27(15,38)24(35)18(12)22(19)33/h5-6,11-12,15,21,29,31,34-35,38H,7-10H2,1-4H3,(H2,28,37)/t11?,12-,15-,21-,27-/m0/s1. The van der Waals surface area contributed by atoms with Crippen LogP contribution in [0.3, 0.4) is 0 Å². The molecule has 0 bridgehead atoms. The van der Waals surface area contributed by atoms with Gasteiger partial charge in [0.15, 0.2) is 17.2 Å². The lowest BCUT2D eigenvalue weighted by molar-refractivity contribution is -0.148. The molecule has 0 radical (unpaired) electrons. The number of likely N-dealkylation sites (N-methyl/N-ethyl adjacent to an activating group) is 1. The van der Waals surface area contributed by atoms with E-state index in [1.807, 2.05) is 6.92 Å². The summed E-state index contributed by atoms with van der Waals surface area (Å²) in [7, 11) is 4.66. The van der Waals surface area contributed by atoms with Crippen LogP contribution in [0.25, 0.3) is 0 Å². The monoisotopic (exact) mass is 543 g/mol. The number of amides is 1. The Morgan fingerprint density at radius 3 is 2.49 bits per heavy atom. The van der Waals surface area contributed by atoms with Crippen molar-refractivity contribution >= 4 is 23.3 Å². The Kier molecular flexibility index (Phi) is 7.43. The number of aliphatic hydroxyl groups is 3. The van der Waals surface area contributed by atoms with E-state index < -0.39 is 63.8 Å². The van der Waals surface area contributed by atoms with Gasteiger partial charge in [-0.25, -0.2) is 0 Å². The number of rotatable bonds is 8. The van der Waals surface area contributed by atoms with Gasteiger partial charge in [-0.05, 0) is 57.5 Å². The van der Waals surface area contributed by atoms with Crippen molar-refractivity contribution in [3.63, 3.8) is 0 Å². The number of carbonyl (C=O) groups is 4. The van der Waals surface area contributed by atoms with E-state index in [4.69, 9.17) is 10.5 Å². The molecule has 1 aromatic rings. The molecule has 12 heteroatoms. The molecular weight excluding hydrogens is 510 g/mol. The molecular formula is C27H33N3O9. The Labute approximate surface area is 224 Å². The van der Waals surface area contributed by atoms with Crippen LogP contribution in [0.5, 0.6) is 5.75 Å². The smallest absolute Gasteiger partial charge is 0.255 e. The molecule has 0 aliphatic heterocycles. The Balaban J connectivity index is 1.82. The number of nitrogens with one attached hydrogen (secondary N) is 1. The van der Waals surface area contributed by atoms with Crippen LogP contribution in [-0.2, 0) is 20.7 Å². The lowest BCUT2D eigenvalue weighted by atomic mass is 9.58. The number of allylic oxidation sites excluding steroid dienone is 1. The number of methoxy groups -OCH3 is 1. The number of fused-ring (bicyclic) bond motifs is 3. The van der Waals surface area contributed by atoms with Crippen molar-refractivity contribution in [3.05, 3.63) is 51.5 Å². The lowest BCUT2D eigenvalue weighted by Crippen LogP contribution is -2.63. The SMILES string of the molecule is COC(C)CNCC(=O)c1ccc(O)c2c1C[C@H]1C[C@H]3[C@H](N(C)C)C(O)=C(C(N)=O)C(=O)[C@@]3(O)C(O)=C1C2=O. The second-order valence-electron chi connectivity index (χ2n) is 10.5. The fourth-order valence-corrected chi connectivity index (χ4v) is 6.08. The molecule has 3 aliphatic carbocycles. The van der Waals surface area contributed by atoms with Gasteiger partial charge in [0.2, 0.25) is 5.78 Å². The fourth-order valence-electron chi connectivity index (χ4n) is 6.08. The zero-order valence-corrected chi connectivity index (χ0v) is 22.1. The van der Waals surface area contributed by atoms with Gasteiger partial charge >= 0.3 is 0 Å². The van der Waals surface area contributed by atoms with Crippen molar-refractivity contribution < 1.29 is 44.3 Å². The summed E-state index contributed by atoms with van der Waals surface area (Å²) in [5.41, 5.74) is 1.79. The van der Waals surface area contributed by atoms with Crippen molar-refractivity contribution in [1.29, 1.82) is 0 Å². The number of ether oxygens (including phenoxy) is 1. The van der Waals surface area contributed by atoms with E-state index >= 15 is 0 Å². The number of nitrogens with two attached hydrogens (primary N) is 1. The third kappa shape index (κ3) is 4.33. The highest BCUT2D eigenvalue weighted by molar-refractivity contribution is 6.25. The van der Waals surface area contributed by atoms with Crippen LogP contribution in [0, 0.1) is 11.8 Å². The van der Waals surface area contributed by atoms with Crippen molar-refractivity contribution in [2.24, 2.45) is 17.6 Å². The zero-order chi connectivity index (χ0) is 29.0. The summed E-state index contributed by atoms with van der Waals surface area (Å²) in [6.07, 6.45) is -0.148. The van der Waals surface area contributed by atoms with Gasteiger partial charge in [0, 0.05) is 30.7 Å². The fraction of sp³-hybridized carbons (Fsp3) is 0.481. The van der Waals surface area contributed by atoms with E-state index in [0.717, 1.165) is 0 Å². The summed E-state index contributed by atoms with van der Waals surface area (Å²) in [5, 5.41) is 47.4. The average Bonchev–Trinajstić information content (AvgIpc) is 2.85. The van der Waals surface area contributed by atoms with Crippen molar-refractivity contribution in [2.45, 2.75) is 37.5 Å². The van der Waals surface area contributed by atoms with Crippen LogP contribution in [0.1, 0.15) is 39.6 Å². The van der Waals surface area contributed by atoms with Gasteiger partial charge in [0.25, 0.3) is 5.91 Å². The number of aromatic hydroxyl groups is 1. The number of hydrogen-bond donors (Lipinski definition) is 6. The summed E-state index contributed by atoms with van der Waals surface area (Å²) < 4.78 is 5.16. The second kappa shape index (κ2) is 10.2. The summed E-state index contributed by atoms with van der Waals surface area (Å²) in [6, 6.07) is 1.55. The van der Waals surface area contributed by atoms with Crippen molar-refractivity contribution in [1.82, 2.24) is 10.2 Å². The van der Waals surface area contributed by atoms with Crippen LogP contribution in [0.4, 0.5) is 0 Å². The highest BCUT2D eigenvalue weighted by Gasteiger charge is 2.63. The molecule has 1 aromatic carbocycles. The van der Waals surface area contributed by atoms with Crippen molar-refractivity contribution in [2.75, 3.05) is 34.3 Å². The van der Waals surface area contributed by atoms with Crippen LogP contribution >= 0.6 is 0 Å². The first-order chi connectivity index (χ1) is 18.3. The molecule has 3 aliphatic rings. The minimum atomic E-state index is -2.71.